The Hall–Kier alpha value is -4.59. The Morgan fingerprint density at radius 1 is 0.939 bits per heavy atom. The van der Waals surface area contributed by atoms with E-state index in [1.54, 1.807) is 35.0 Å². The number of para-hydroxylation sites is 1. The number of aromatic nitrogens is 4. The van der Waals surface area contributed by atoms with Crippen LogP contribution < -0.4 is 5.56 Å². The first-order valence-corrected chi connectivity index (χ1v) is 10.1. The summed E-state index contributed by atoms with van der Waals surface area (Å²) in [5.74, 6) is -1.39. The summed E-state index contributed by atoms with van der Waals surface area (Å²) in [5.41, 5.74) is 1.67. The normalized spacial score (nSPS) is 11.1. The SMILES string of the molecule is O=C(O)c1ccc(Cn2c(-c3ccccc3F)nc3c(cnn3-c3ccccc3)c2=O)cc1. The Morgan fingerprint density at radius 2 is 1.64 bits per heavy atom. The highest BCUT2D eigenvalue weighted by molar-refractivity contribution is 5.87. The highest BCUT2D eigenvalue weighted by Crippen LogP contribution is 2.24. The minimum absolute atomic E-state index is 0.0852. The van der Waals surface area contributed by atoms with Gasteiger partial charge in [0.2, 0.25) is 0 Å². The molecule has 0 spiro atoms. The van der Waals surface area contributed by atoms with Crippen LogP contribution in [0.1, 0.15) is 15.9 Å². The van der Waals surface area contributed by atoms with Crippen LogP contribution in [0.15, 0.2) is 89.9 Å². The molecule has 2 heterocycles. The molecule has 2 aromatic heterocycles. The van der Waals surface area contributed by atoms with Gasteiger partial charge in [0.25, 0.3) is 5.56 Å². The van der Waals surface area contributed by atoms with Gasteiger partial charge in [-0.1, -0.05) is 42.5 Å². The molecule has 0 aliphatic heterocycles. The first kappa shape index (κ1) is 20.3. The number of carboxylic acids is 1. The lowest BCUT2D eigenvalue weighted by Crippen LogP contribution is -2.24. The maximum atomic E-state index is 14.8. The number of benzene rings is 3. The molecular formula is C25H17FN4O3. The third-order valence-corrected chi connectivity index (χ3v) is 5.34. The zero-order valence-corrected chi connectivity index (χ0v) is 17.2. The molecule has 0 atom stereocenters. The molecule has 5 rings (SSSR count). The number of rotatable bonds is 5. The largest absolute Gasteiger partial charge is 0.478 e. The molecule has 1 N–H and O–H groups in total. The highest BCUT2D eigenvalue weighted by Gasteiger charge is 2.19. The fourth-order valence-corrected chi connectivity index (χ4v) is 3.69. The molecule has 0 amide bonds. The first-order chi connectivity index (χ1) is 16.0. The predicted molar refractivity (Wildman–Crippen MR) is 121 cm³/mol. The molecule has 7 nitrogen and oxygen atoms in total. The Balaban J connectivity index is 1.73. The maximum Gasteiger partial charge on any atom is 0.335 e. The molecule has 0 radical (unpaired) electrons. The van der Waals surface area contributed by atoms with Crippen molar-refractivity contribution < 1.29 is 14.3 Å². The zero-order chi connectivity index (χ0) is 22.9. The predicted octanol–water partition coefficient (Wildman–Crippen LogP) is 4.13. The van der Waals surface area contributed by atoms with Crippen LogP contribution in [-0.2, 0) is 6.54 Å². The van der Waals surface area contributed by atoms with Crippen LogP contribution in [0.2, 0.25) is 0 Å². The summed E-state index contributed by atoms with van der Waals surface area (Å²) >= 11 is 0. The van der Waals surface area contributed by atoms with Gasteiger partial charge in [-0.2, -0.15) is 5.10 Å². The van der Waals surface area contributed by atoms with Crippen LogP contribution in [0.3, 0.4) is 0 Å². The van der Waals surface area contributed by atoms with Gasteiger partial charge in [-0.05, 0) is 42.0 Å². The highest BCUT2D eigenvalue weighted by atomic mass is 19.1. The number of carboxylic acid groups (broad SMARTS) is 1. The number of fused-ring (bicyclic) bond motifs is 1. The van der Waals surface area contributed by atoms with Gasteiger partial charge >= 0.3 is 5.97 Å². The Bertz CT molecular complexity index is 1540. The lowest BCUT2D eigenvalue weighted by Gasteiger charge is -2.14. The summed E-state index contributed by atoms with van der Waals surface area (Å²) in [6, 6.07) is 21.5. The summed E-state index contributed by atoms with van der Waals surface area (Å²) in [4.78, 5) is 29.3. The molecule has 0 aliphatic rings. The van der Waals surface area contributed by atoms with E-state index in [2.05, 4.69) is 10.1 Å². The van der Waals surface area contributed by atoms with E-state index in [0.29, 0.717) is 16.6 Å². The fourth-order valence-electron chi connectivity index (χ4n) is 3.69. The third kappa shape index (κ3) is 3.67. The van der Waals surface area contributed by atoms with Crippen molar-refractivity contribution in [1.82, 2.24) is 19.3 Å². The fraction of sp³-hybridized carbons (Fsp3) is 0.0400. The maximum absolute atomic E-state index is 14.8. The molecule has 5 aromatic rings. The second kappa shape index (κ2) is 8.16. The summed E-state index contributed by atoms with van der Waals surface area (Å²) in [5, 5.41) is 13.8. The number of carbonyl (C=O) groups is 1. The summed E-state index contributed by atoms with van der Waals surface area (Å²) in [7, 11) is 0. The van der Waals surface area contributed by atoms with Crippen LogP contribution in [-0.4, -0.2) is 30.4 Å². The van der Waals surface area contributed by atoms with Crippen LogP contribution >= 0.6 is 0 Å². The minimum atomic E-state index is -1.04. The minimum Gasteiger partial charge on any atom is -0.478 e. The zero-order valence-electron chi connectivity index (χ0n) is 17.2. The molecule has 0 fully saturated rings. The van der Waals surface area contributed by atoms with Gasteiger partial charge < -0.3 is 5.11 Å². The van der Waals surface area contributed by atoms with Crippen molar-refractivity contribution in [2.24, 2.45) is 0 Å². The molecule has 0 unspecified atom stereocenters. The van der Waals surface area contributed by atoms with Crippen molar-refractivity contribution in [2.45, 2.75) is 6.54 Å². The number of halogens is 1. The van der Waals surface area contributed by atoms with Gasteiger partial charge in [-0.25, -0.2) is 18.9 Å². The van der Waals surface area contributed by atoms with E-state index in [4.69, 9.17) is 5.11 Å². The van der Waals surface area contributed by atoms with Crippen LogP contribution in [0.5, 0.6) is 0 Å². The molecule has 162 valence electrons. The van der Waals surface area contributed by atoms with E-state index in [1.807, 2.05) is 30.3 Å². The summed E-state index contributed by atoms with van der Waals surface area (Å²) in [6.45, 7) is 0.0852. The molecule has 3 aromatic carbocycles. The Morgan fingerprint density at radius 3 is 2.33 bits per heavy atom. The van der Waals surface area contributed by atoms with Gasteiger partial charge in [0.1, 0.15) is 17.0 Å². The van der Waals surface area contributed by atoms with Gasteiger partial charge in [0.15, 0.2) is 5.65 Å². The quantitative estimate of drug-likeness (QED) is 0.444. The Kier molecular flexibility index (Phi) is 5.02. The molecule has 8 heteroatoms. The van der Waals surface area contributed by atoms with Crippen molar-refractivity contribution in [1.29, 1.82) is 0 Å². The number of hydrogen-bond acceptors (Lipinski definition) is 4. The summed E-state index contributed by atoms with van der Waals surface area (Å²) in [6.07, 6.45) is 1.45. The van der Waals surface area contributed by atoms with Crippen molar-refractivity contribution >= 4 is 17.0 Å². The lowest BCUT2D eigenvalue weighted by molar-refractivity contribution is 0.0697. The van der Waals surface area contributed by atoms with Gasteiger partial charge in [-0.3, -0.25) is 9.36 Å². The first-order valence-electron chi connectivity index (χ1n) is 10.1. The average molecular weight is 440 g/mol. The van der Waals surface area contributed by atoms with Crippen molar-refractivity contribution in [3.63, 3.8) is 0 Å². The lowest BCUT2D eigenvalue weighted by atomic mass is 10.1. The van der Waals surface area contributed by atoms with E-state index in [-0.39, 0.29) is 29.1 Å². The van der Waals surface area contributed by atoms with Crippen molar-refractivity contribution in [3.05, 3.63) is 112 Å². The monoisotopic (exact) mass is 440 g/mol. The molecule has 0 bridgehead atoms. The van der Waals surface area contributed by atoms with Crippen LogP contribution in [0, 0.1) is 5.82 Å². The molecule has 0 aliphatic carbocycles. The van der Waals surface area contributed by atoms with E-state index in [0.717, 1.165) is 5.69 Å². The third-order valence-electron chi connectivity index (χ3n) is 5.34. The second-order valence-electron chi connectivity index (χ2n) is 7.44. The van der Waals surface area contributed by atoms with Gasteiger partial charge in [0, 0.05) is 0 Å². The average Bonchev–Trinajstić information content (AvgIpc) is 3.26. The molecule has 0 saturated carbocycles. The van der Waals surface area contributed by atoms with Crippen LogP contribution in [0.4, 0.5) is 4.39 Å². The van der Waals surface area contributed by atoms with E-state index in [9.17, 15) is 14.0 Å². The molecular weight excluding hydrogens is 423 g/mol. The molecule has 33 heavy (non-hydrogen) atoms. The van der Waals surface area contributed by atoms with E-state index < -0.39 is 11.8 Å². The smallest absolute Gasteiger partial charge is 0.335 e. The second-order valence-corrected chi connectivity index (χ2v) is 7.44. The standard InChI is InChI=1S/C25H17FN4O3/c26-21-9-5-4-8-19(21)22-28-23-20(14-27-30(23)18-6-2-1-3-7-18)24(31)29(22)15-16-10-12-17(13-11-16)25(32)33/h1-14H,15H2,(H,32,33). The van der Waals surface area contributed by atoms with Gasteiger partial charge in [-0.15, -0.1) is 0 Å². The number of aromatic carboxylic acids is 1. The van der Waals surface area contributed by atoms with E-state index in [1.165, 1.54) is 29.0 Å². The topological polar surface area (TPSA) is 90.0 Å². The van der Waals surface area contributed by atoms with Crippen molar-refractivity contribution in [2.75, 3.05) is 0 Å². The van der Waals surface area contributed by atoms with Crippen molar-refractivity contribution in [3.8, 4) is 17.1 Å². The van der Waals surface area contributed by atoms with Crippen LogP contribution in [0.25, 0.3) is 28.1 Å². The van der Waals surface area contributed by atoms with E-state index >= 15 is 0 Å². The number of hydrogen-bond donors (Lipinski definition) is 1. The summed E-state index contributed by atoms with van der Waals surface area (Å²) < 4.78 is 17.7. The Labute approximate surface area is 187 Å². The number of nitrogens with zero attached hydrogens (tertiary/aromatic N) is 4. The van der Waals surface area contributed by atoms with Gasteiger partial charge in [0.05, 0.1) is 29.6 Å². The molecule has 0 saturated heterocycles.